The third-order valence-electron chi connectivity index (χ3n) is 11.4. The molecule has 1 N–H and O–H groups in total. The maximum Gasteiger partial charge on any atom is 0.338 e. The van der Waals surface area contributed by atoms with Crippen molar-refractivity contribution in [1.82, 2.24) is 0 Å². The molecule has 0 aromatic heterocycles. The highest BCUT2D eigenvalue weighted by Gasteiger charge is 2.74. The molecule has 0 radical (unpaired) electrons. The van der Waals surface area contributed by atoms with Crippen LogP contribution in [0.2, 0.25) is 0 Å². The molecule has 0 amide bonds. The molecule has 1 saturated heterocycles. The van der Waals surface area contributed by atoms with E-state index in [-0.39, 0.29) is 36.2 Å². The van der Waals surface area contributed by atoms with Crippen LogP contribution in [0.4, 0.5) is 0 Å². The fraction of sp³-hybridized carbons (Fsp3) is 0.677. The van der Waals surface area contributed by atoms with E-state index in [0.29, 0.717) is 12.0 Å². The number of hydrogen-bond acceptors (Lipinski definition) is 5. The molecule has 4 aliphatic rings. The summed E-state index contributed by atoms with van der Waals surface area (Å²) < 4.78 is 12.5. The number of fused-ring (bicyclic) bond motifs is 5. The van der Waals surface area contributed by atoms with E-state index in [9.17, 15) is 14.7 Å². The number of rotatable bonds is 2. The number of carbonyl (C=O) groups excluding carboxylic acids is 2. The van der Waals surface area contributed by atoms with Gasteiger partial charge in [-0.1, -0.05) is 77.8 Å². The molecule has 1 aromatic rings. The predicted molar refractivity (Wildman–Crippen MR) is 138 cm³/mol. The highest BCUT2D eigenvalue weighted by Crippen LogP contribution is 2.68. The molecular formula is C31H42O5. The molecule has 3 aliphatic carbocycles. The second-order valence-electron chi connectivity index (χ2n) is 13.2. The third-order valence-corrected chi connectivity index (χ3v) is 11.4. The number of carbonyl (C=O) groups is 2. The van der Waals surface area contributed by atoms with Crippen LogP contribution in [0.5, 0.6) is 0 Å². The lowest BCUT2D eigenvalue weighted by Gasteiger charge is -2.68. The molecule has 1 aliphatic heterocycles. The number of esters is 1. The second-order valence-corrected chi connectivity index (χ2v) is 13.2. The lowest BCUT2D eigenvalue weighted by Crippen LogP contribution is -2.77. The van der Waals surface area contributed by atoms with Crippen LogP contribution in [-0.2, 0) is 14.3 Å². The average molecular weight is 495 g/mol. The topological polar surface area (TPSA) is 72.8 Å². The first-order valence-corrected chi connectivity index (χ1v) is 13.6. The van der Waals surface area contributed by atoms with Crippen LogP contribution in [0.25, 0.3) is 0 Å². The highest BCUT2D eigenvalue weighted by molar-refractivity contribution is 5.92. The van der Waals surface area contributed by atoms with E-state index in [4.69, 9.17) is 9.47 Å². The van der Waals surface area contributed by atoms with Gasteiger partial charge in [-0.05, 0) is 49.1 Å². The fourth-order valence-electron chi connectivity index (χ4n) is 8.68. The van der Waals surface area contributed by atoms with Crippen LogP contribution in [0.3, 0.4) is 0 Å². The van der Waals surface area contributed by atoms with Crippen LogP contribution < -0.4 is 0 Å². The standard InChI is InChI=1S/C31H42O5/c1-17-15-29(7)26(36-27(33)21-12-10-9-11-13-21)24-30(8,18(2)14-22-31(24,34)16-35-22)25(32)20(4)23(19(17)3)28(29,5)6/h9-13,17-18,20,22,24,26,34H,14-16H2,1-8H3/t17-,18-,20+,22?,24?,26?,29-,30+,31-/m0/s1. The Morgan fingerprint density at radius 1 is 1.08 bits per heavy atom. The number of benzene rings is 1. The number of hydrogen-bond donors (Lipinski definition) is 1. The minimum Gasteiger partial charge on any atom is -0.458 e. The number of ether oxygens (including phenoxy) is 2. The Bertz CT molecular complexity index is 1120. The van der Waals surface area contributed by atoms with Gasteiger partial charge in [0, 0.05) is 22.7 Å². The number of aliphatic hydroxyl groups is 1. The zero-order chi connectivity index (χ0) is 26.4. The van der Waals surface area contributed by atoms with Gasteiger partial charge in [0.25, 0.3) is 0 Å². The van der Waals surface area contributed by atoms with Gasteiger partial charge in [-0.25, -0.2) is 4.79 Å². The summed E-state index contributed by atoms with van der Waals surface area (Å²) in [4.78, 5) is 28.3. The van der Waals surface area contributed by atoms with Crippen LogP contribution in [0, 0.1) is 39.9 Å². The van der Waals surface area contributed by atoms with E-state index >= 15 is 0 Å². The van der Waals surface area contributed by atoms with Gasteiger partial charge in [-0.3, -0.25) is 4.79 Å². The van der Waals surface area contributed by atoms with Crippen LogP contribution in [0.1, 0.15) is 78.6 Å². The van der Waals surface area contributed by atoms with Gasteiger partial charge in [0.15, 0.2) is 0 Å². The molecule has 2 saturated carbocycles. The first-order chi connectivity index (χ1) is 16.7. The predicted octanol–water partition coefficient (Wildman–Crippen LogP) is 5.61. The normalized spacial score (nSPS) is 45.5. The number of allylic oxidation sites excluding steroid dienone is 2. The van der Waals surface area contributed by atoms with E-state index in [2.05, 4.69) is 48.5 Å². The van der Waals surface area contributed by atoms with Crippen molar-refractivity contribution in [3.63, 3.8) is 0 Å². The van der Waals surface area contributed by atoms with Crippen molar-refractivity contribution < 1.29 is 24.2 Å². The van der Waals surface area contributed by atoms with Crippen molar-refractivity contribution in [2.24, 2.45) is 39.9 Å². The van der Waals surface area contributed by atoms with E-state index in [1.807, 2.05) is 25.1 Å². The van der Waals surface area contributed by atoms with Gasteiger partial charge in [0.1, 0.15) is 17.5 Å². The third kappa shape index (κ3) is 3.08. The molecule has 5 heteroatoms. The van der Waals surface area contributed by atoms with Crippen molar-refractivity contribution in [3.8, 4) is 0 Å². The minimum absolute atomic E-state index is 0.0233. The smallest absolute Gasteiger partial charge is 0.338 e. The van der Waals surface area contributed by atoms with E-state index in [0.717, 1.165) is 6.42 Å². The lowest BCUT2D eigenvalue weighted by molar-refractivity contribution is -0.330. The van der Waals surface area contributed by atoms with E-state index < -0.39 is 39.8 Å². The Balaban J connectivity index is 1.78. The average Bonchev–Trinajstić information content (AvgIpc) is 2.83. The summed E-state index contributed by atoms with van der Waals surface area (Å²) in [5.74, 6) is -0.877. The first-order valence-electron chi connectivity index (χ1n) is 13.6. The van der Waals surface area contributed by atoms with Crippen molar-refractivity contribution in [1.29, 1.82) is 0 Å². The summed E-state index contributed by atoms with van der Waals surface area (Å²) in [7, 11) is 0. The highest BCUT2D eigenvalue weighted by atomic mass is 16.6. The molecule has 0 spiro atoms. The largest absolute Gasteiger partial charge is 0.458 e. The summed E-state index contributed by atoms with van der Waals surface area (Å²) in [5, 5.41) is 12.2. The van der Waals surface area contributed by atoms with E-state index in [1.165, 1.54) is 11.1 Å². The summed E-state index contributed by atoms with van der Waals surface area (Å²) >= 11 is 0. The summed E-state index contributed by atoms with van der Waals surface area (Å²) in [6.07, 6.45) is 0.420. The quantitative estimate of drug-likeness (QED) is 0.427. The number of Topliss-reactive ketones (excluding diaryl/α,β-unsaturated/α-hetero) is 1. The molecule has 36 heavy (non-hydrogen) atoms. The van der Waals surface area contributed by atoms with Gasteiger partial charge in [0.2, 0.25) is 0 Å². The molecule has 5 nitrogen and oxygen atoms in total. The molecule has 9 atom stereocenters. The van der Waals surface area contributed by atoms with Crippen molar-refractivity contribution in [2.75, 3.05) is 6.61 Å². The molecule has 196 valence electrons. The number of ketones is 1. The molecule has 1 heterocycles. The molecule has 1 aromatic carbocycles. The SMILES string of the molecule is CC1=C2[C@@H](C)C(=O)[C@@]3(C)C(C(OC(=O)c4ccccc4)[C@](C)(C[C@@H]1C)C2(C)C)[C@]1(O)COC1C[C@@H]3C. The zero-order valence-corrected chi connectivity index (χ0v) is 23.1. The minimum atomic E-state index is -1.21. The molecular weight excluding hydrogens is 452 g/mol. The summed E-state index contributed by atoms with van der Waals surface area (Å²) in [6.45, 7) is 17.4. The Morgan fingerprint density at radius 3 is 2.31 bits per heavy atom. The Hall–Kier alpha value is -1.98. The summed E-state index contributed by atoms with van der Waals surface area (Å²) in [5.41, 5.74) is -0.0525. The Kier molecular flexibility index (Phi) is 5.71. The van der Waals surface area contributed by atoms with Gasteiger partial charge >= 0.3 is 5.97 Å². The van der Waals surface area contributed by atoms with Crippen LogP contribution >= 0.6 is 0 Å². The molecule has 3 fully saturated rings. The van der Waals surface area contributed by atoms with Gasteiger partial charge in [-0.2, -0.15) is 0 Å². The van der Waals surface area contributed by atoms with Gasteiger partial charge in [0.05, 0.1) is 18.3 Å². The maximum atomic E-state index is 14.6. The lowest BCUT2D eigenvalue weighted by atomic mass is 9.40. The second kappa shape index (κ2) is 8.01. The van der Waals surface area contributed by atoms with Crippen molar-refractivity contribution >= 4 is 11.8 Å². The zero-order valence-electron chi connectivity index (χ0n) is 23.1. The fourth-order valence-corrected chi connectivity index (χ4v) is 8.68. The maximum absolute atomic E-state index is 14.6. The Morgan fingerprint density at radius 2 is 1.72 bits per heavy atom. The molecule has 2 bridgehead atoms. The van der Waals surface area contributed by atoms with Crippen molar-refractivity contribution in [3.05, 3.63) is 47.0 Å². The first kappa shape index (κ1) is 25.7. The van der Waals surface area contributed by atoms with Crippen LogP contribution in [-0.4, -0.2) is 41.3 Å². The van der Waals surface area contributed by atoms with E-state index in [1.54, 1.807) is 12.1 Å². The Labute approximate surface area is 215 Å². The molecule has 5 rings (SSSR count). The monoisotopic (exact) mass is 494 g/mol. The van der Waals surface area contributed by atoms with Gasteiger partial charge in [-0.15, -0.1) is 0 Å². The summed E-state index contributed by atoms with van der Waals surface area (Å²) in [6, 6.07) is 9.05. The van der Waals surface area contributed by atoms with Gasteiger partial charge < -0.3 is 14.6 Å². The molecule has 3 unspecified atom stereocenters. The van der Waals surface area contributed by atoms with Crippen molar-refractivity contribution in [2.45, 2.75) is 86.0 Å². The van der Waals surface area contributed by atoms with Crippen LogP contribution in [0.15, 0.2) is 41.5 Å².